The Balaban J connectivity index is 1.54. The summed E-state index contributed by atoms with van der Waals surface area (Å²) >= 11 is 0. The Labute approximate surface area is 164 Å². The predicted molar refractivity (Wildman–Crippen MR) is 102 cm³/mol. The van der Waals surface area contributed by atoms with E-state index in [1.54, 1.807) is 40.3 Å². The molecule has 2 aromatic rings. The van der Waals surface area contributed by atoms with E-state index in [1.807, 2.05) is 17.9 Å². The number of hydrogen-bond donors (Lipinski definition) is 0. The summed E-state index contributed by atoms with van der Waals surface area (Å²) in [5.41, 5.74) is 0.364. The van der Waals surface area contributed by atoms with E-state index in [4.69, 9.17) is 4.74 Å². The summed E-state index contributed by atoms with van der Waals surface area (Å²) in [5, 5.41) is 4.32. The van der Waals surface area contributed by atoms with Crippen LogP contribution in [0.2, 0.25) is 0 Å². The first kappa shape index (κ1) is 18.5. The zero-order valence-corrected chi connectivity index (χ0v) is 16.0. The van der Waals surface area contributed by atoms with Gasteiger partial charge in [-0.3, -0.25) is 19.3 Å². The lowest BCUT2D eigenvalue weighted by Crippen LogP contribution is -2.47. The van der Waals surface area contributed by atoms with Gasteiger partial charge < -0.3 is 14.5 Å². The van der Waals surface area contributed by atoms with Gasteiger partial charge in [0.1, 0.15) is 23.6 Å². The normalized spacial score (nSPS) is 21.9. The van der Waals surface area contributed by atoms with Gasteiger partial charge in [0.25, 0.3) is 5.91 Å². The smallest absolute Gasteiger partial charge is 0.275 e. The zero-order valence-electron chi connectivity index (χ0n) is 16.0. The van der Waals surface area contributed by atoms with Gasteiger partial charge >= 0.3 is 0 Å². The van der Waals surface area contributed by atoms with Gasteiger partial charge in [0.15, 0.2) is 0 Å². The van der Waals surface area contributed by atoms with Crippen LogP contribution in [0.3, 0.4) is 0 Å². The molecule has 0 saturated carbocycles. The molecular weight excluding hydrogens is 358 g/mol. The van der Waals surface area contributed by atoms with Gasteiger partial charge in [-0.25, -0.2) is 0 Å². The lowest BCUT2D eigenvalue weighted by molar-refractivity contribution is -0.134. The Hall–Kier alpha value is -2.90. The van der Waals surface area contributed by atoms with Crippen molar-refractivity contribution in [1.82, 2.24) is 24.6 Å². The summed E-state index contributed by atoms with van der Waals surface area (Å²) in [6, 6.07) is 4.83. The number of pyridine rings is 1. The second kappa shape index (κ2) is 8.00. The molecule has 8 nitrogen and oxygen atoms in total. The summed E-state index contributed by atoms with van der Waals surface area (Å²) in [6.07, 6.45) is 7.37. The number of hydrogen-bond acceptors (Lipinski definition) is 5. The quantitative estimate of drug-likeness (QED) is 0.783. The minimum atomic E-state index is -0.515. The van der Waals surface area contributed by atoms with Crippen molar-refractivity contribution in [3.63, 3.8) is 0 Å². The van der Waals surface area contributed by atoms with E-state index in [9.17, 15) is 9.59 Å². The van der Waals surface area contributed by atoms with Gasteiger partial charge in [-0.05, 0) is 38.0 Å². The summed E-state index contributed by atoms with van der Waals surface area (Å²) in [7, 11) is 0. The van der Waals surface area contributed by atoms with Crippen LogP contribution in [0.15, 0.2) is 36.8 Å². The maximum atomic E-state index is 13.1. The zero-order chi connectivity index (χ0) is 19.5. The first-order valence-corrected chi connectivity index (χ1v) is 9.85. The monoisotopic (exact) mass is 383 g/mol. The molecule has 4 heterocycles. The molecule has 2 atom stereocenters. The largest absolute Gasteiger partial charge is 0.487 e. The fourth-order valence-electron chi connectivity index (χ4n) is 3.90. The molecule has 2 amide bonds. The highest BCUT2D eigenvalue weighted by Crippen LogP contribution is 2.26. The van der Waals surface area contributed by atoms with Crippen molar-refractivity contribution in [3.05, 3.63) is 42.5 Å². The molecule has 0 unspecified atom stereocenters. The van der Waals surface area contributed by atoms with Gasteiger partial charge in [-0.1, -0.05) is 0 Å². The second-order valence-electron chi connectivity index (χ2n) is 7.23. The van der Waals surface area contributed by atoms with Crippen LogP contribution in [0, 0.1) is 0 Å². The number of carbonyl (C=O) groups excluding carboxylic acids is 2. The molecule has 0 radical (unpaired) electrons. The van der Waals surface area contributed by atoms with E-state index in [2.05, 4.69) is 10.1 Å². The lowest BCUT2D eigenvalue weighted by Gasteiger charge is -2.26. The maximum absolute atomic E-state index is 13.1. The number of nitrogens with zero attached hydrogens (tertiary/aromatic N) is 5. The first-order valence-electron chi connectivity index (χ1n) is 9.85. The molecule has 8 heteroatoms. The van der Waals surface area contributed by atoms with E-state index in [1.165, 1.54) is 0 Å². The van der Waals surface area contributed by atoms with E-state index < -0.39 is 6.04 Å². The van der Waals surface area contributed by atoms with Crippen LogP contribution in [0.5, 0.6) is 5.75 Å². The Morgan fingerprint density at radius 2 is 2.07 bits per heavy atom. The SMILES string of the molecule is CCn1ccc(C(=O)N2C[C@@H](Oc3cccnc3)C[C@H]2C(=O)N2CCCC2)n1. The molecule has 2 saturated heterocycles. The molecule has 2 fully saturated rings. The van der Waals surface area contributed by atoms with Gasteiger partial charge in [0, 0.05) is 38.4 Å². The van der Waals surface area contributed by atoms with Crippen molar-refractivity contribution < 1.29 is 14.3 Å². The van der Waals surface area contributed by atoms with Crippen molar-refractivity contribution in [2.24, 2.45) is 0 Å². The van der Waals surface area contributed by atoms with E-state index in [-0.39, 0.29) is 17.9 Å². The Bertz CT molecular complexity index is 831. The Kier molecular flexibility index (Phi) is 5.27. The minimum absolute atomic E-state index is 0.0121. The molecule has 2 aromatic heterocycles. The molecule has 0 spiro atoms. The summed E-state index contributed by atoms with van der Waals surface area (Å²) < 4.78 is 7.72. The lowest BCUT2D eigenvalue weighted by atomic mass is 10.1. The topological polar surface area (TPSA) is 80.6 Å². The van der Waals surface area contributed by atoms with Gasteiger partial charge in [0.2, 0.25) is 5.91 Å². The van der Waals surface area contributed by atoms with Gasteiger partial charge in [-0.2, -0.15) is 5.10 Å². The molecule has 148 valence electrons. The number of likely N-dealkylation sites (tertiary alicyclic amines) is 2. The van der Waals surface area contributed by atoms with E-state index >= 15 is 0 Å². The molecule has 0 aliphatic carbocycles. The number of ether oxygens (including phenoxy) is 1. The maximum Gasteiger partial charge on any atom is 0.275 e. The van der Waals surface area contributed by atoms with E-state index in [0.29, 0.717) is 31.0 Å². The van der Waals surface area contributed by atoms with Crippen molar-refractivity contribution in [2.45, 2.75) is 44.9 Å². The third-order valence-electron chi connectivity index (χ3n) is 5.35. The van der Waals surface area contributed by atoms with E-state index in [0.717, 1.165) is 25.9 Å². The Morgan fingerprint density at radius 1 is 1.25 bits per heavy atom. The third kappa shape index (κ3) is 3.72. The summed E-state index contributed by atoms with van der Waals surface area (Å²) in [5.74, 6) is 0.435. The first-order chi connectivity index (χ1) is 13.7. The Morgan fingerprint density at radius 3 is 2.75 bits per heavy atom. The highest BCUT2D eigenvalue weighted by molar-refractivity contribution is 5.96. The van der Waals surface area contributed by atoms with Crippen LogP contribution in [0.1, 0.15) is 36.7 Å². The predicted octanol–water partition coefficient (Wildman–Crippen LogP) is 1.58. The summed E-state index contributed by atoms with van der Waals surface area (Å²) in [4.78, 5) is 33.8. The molecule has 2 aliphatic heterocycles. The van der Waals surface area contributed by atoms with Crippen LogP contribution < -0.4 is 4.74 Å². The average Bonchev–Trinajstić information content (AvgIpc) is 3.47. The molecule has 0 bridgehead atoms. The van der Waals surface area contributed by atoms with Crippen molar-refractivity contribution >= 4 is 11.8 Å². The molecular formula is C20H25N5O3. The second-order valence-corrected chi connectivity index (χ2v) is 7.23. The van der Waals surface area contributed by atoms with Crippen LogP contribution in [0.4, 0.5) is 0 Å². The fourth-order valence-corrected chi connectivity index (χ4v) is 3.90. The minimum Gasteiger partial charge on any atom is -0.487 e. The van der Waals surface area contributed by atoms with Gasteiger partial charge in [-0.15, -0.1) is 0 Å². The van der Waals surface area contributed by atoms with Crippen molar-refractivity contribution in [2.75, 3.05) is 19.6 Å². The van der Waals surface area contributed by atoms with Crippen LogP contribution in [-0.2, 0) is 11.3 Å². The van der Waals surface area contributed by atoms with Crippen molar-refractivity contribution in [3.8, 4) is 5.75 Å². The number of carbonyl (C=O) groups is 2. The van der Waals surface area contributed by atoms with Crippen molar-refractivity contribution in [1.29, 1.82) is 0 Å². The van der Waals surface area contributed by atoms with Crippen LogP contribution >= 0.6 is 0 Å². The molecule has 0 aromatic carbocycles. The highest BCUT2D eigenvalue weighted by atomic mass is 16.5. The number of aromatic nitrogens is 3. The fraction of sp³-hybridized carbons (Fsp3) is 0.500. The molecule has 4 rings (SSSR count). The third-order valence-corrected chi connectivity index (χ3v) is 5.35. The average molecular weight is 383 g/mol. The standard InChI is InChI=1S/C20H25N5O3/c1-2-24-11-7-17(22-24)19(26)25-14-16(28-15-6-5-8-21-13-15)12-18(25)20(27)23-9-3-4-10-23/h5-8,11,13,16,18H,2-4,9-10,12,14H2,1H3/t16-,18-/m0/s1. The molecule has 28 heavy (non-hydrogen) atoms. The highest BCUT2D eigenvalue weighted by Gasteiger charge is 2.43. The molecule has 2 aliphatic rings. The van der Waals surface area contributed by atoms with Crippen LogP contribution in [0.25, 0.3) is 0 Å². The van der Waals surface area contributed by atoms with Gasteiger partial charge in [0.05, 0.1) is 12.7 Å². The molecule has 0 N–H and O–H groups in total. The number of aryl methyl sites for hydroxylation is 1. The van der Waals surface area contributed by atoms with Crippen LogP contribution in [-0.4, -0.2) is 68.2 Å². The number of amides is 2. The summed E-state index contributed by atoms with van der Waals surface area (Å²) in [6.45, 7) is 4.54. The number of rotatable bonds is 5.